The van der Waals surface area contributed by atoms with Crippen molar-refractivity contribution in [1.29, 1.82) is 0 Å². The number of unbranched alkanes of at least 4 members (excludes halogenated alkanes) is 2. The number of aromatic nitrogens is 1. The minimum atomic E-state index is -0.290. The van der Waals surface area contributed by atoms with Gasteiger partial charge >= 0.3 is 0 Å². The van der Waals surface area contributed by atoms with Gasteiger partial charge in [0.2, 0.25) is 5.91 Å². The van der Waals surface area contributed by atoms with Crippen molar-refractivity contribution in [1.82, 2.24) is 10.1 Å². The number of benzene rings is 2. The number of hydrogen-bond acceptors (Lipinski definition) is 5. The van der Waals surface area contributed by atoms with E-state index in [0.29, 0.717) is 24.5 Å². The average Bonchev–Trinajstić information content (AvgIpc) is 3.24. The number of hydrogen-bond donors (Lipinski definition) is 1. The van der Waals surface area contributed by atoms with Crippen LogP contribution in [0.1, 0.15) is 55.7 Å². The Morgan fingerprint density at radius 2 is 1.97 bits per heavy atom. The van der Waals surface area contributed by atoms with Crippen molar-refractivity contribution < 1.29 is 18.4 Å². The lowest BCUT2D eigenvalue weighted by Gasteiger charge is -2.31. The van der Waals surface area contributed by atoms with Gasteiger partial charge in [-0.05, 0) is 81.9 Å². The van der Waals surface area contributed by atoms with E-state index >= 15 is 0 Å². The highest BCUT2D eigenvalue weighted by Gasteiger charge is 2.25. The van der Waals surface area contributed by atoms with E-state index in [1.807, 2.05) is 18.2 Å². The molecule has 0 aliphatic carbocycles. The molecule has 1 fully saturated rings. The molecule has 3 heterocycles. The van der Waals surface area contributed by atoms with Crippen LogP contribution in [0.25, 0.3) is 11.0 Å². The normalized spacial score (nSPS) is 17.2. The van der Waals surface area contributed by atoms with E-state index in [2.05, 4.69) is 15.4 Å². The van der Waals surface area contributed by atoms with Crippen LogP contribution in [0, 0.1) is 5.82 Å². The second kappa shape index (κ2) is 9.91. The lowest BCUT2D eigenvalue weighted by molar-refractivity contribution is -0.116. The highest BCUT2D eigenvalue weighted by atomic mass is 19.1. The standard InChI is InChI=1S/C26H30FN3O3/c27-20-6-8-22-24(16-20)33-29-26(22)19-10-13-30(14-11-19)12-2-1-3-15-32-21-7-4-18-5-9-25(31)28-23(18)17-21/h4,6-8,16-17,19H,1-3,5,9-15H2,(H,28,31). The summed E-state index contributed by atoms with van der Waals surface area (Å²) >= 11 is 0. The van der Waals surface area contributed by atoms with Crippen molar-refractivity contribution in [3.05, 3.63) is 53.5 Å². The number of fused-ring (bicyclic) bond motifs is 2. The SMILES string of the molecule is O=C1CCc2ccc(OCCCCCN3CCC(c4noc5cc(F)ccc45)CC3)cc2N1. The van der Waals surface area contributed by atoms with Crippen molar-refractivity contribution in [3.8, 4) is 5.75 Å². The van der Waals surface area contributed by atoms with Gasteiger partial charge in [0.05, 0.1) is 12.3 Å². The molecule has 0 bridgehead atoms. The molecule has 1 amide bonds. The molecule has 0 radical (unpaired) electrons. The smallest absolute Gasteiger partial charge is 0.224 e. The van der Waals surface area contributed by atoms with Crippen LogP contribution >= 0.6 is 0 Å². The third-order valence-corrected chi connectivity index (χ3v) is 6.80. The monoisotopic (exact) mass is 451 g/mol. The number of ether oxygens (including phenoxy) is 1. The number of likely N-dealkylation sites (tertiary alicyclic amines) is 1. The highest BCUT2D eigenvalue weighted by molar-refractivity contribution is 5.94. The number of nitrogens with zero attached hydrogens (tertiary/aromatic N) is 2. The van der Waals surface area contributed by atoms with Crippen molar-refractivity contribution >= 4 is 22.6 Å². The maximum Gasteiger partial charge on any atom is 0.224 e. The Morgan fingerprint density at radius 1 is 1.09 bits per heavy atom. The molecule has 5 rings (SSSR count). The number of aryl methyl sites for hydroxylation is 1. The Balaban J connectivity index is 0.998. The number of carbonyl (C=O) groups excluding carboxylic acids is 1. The first-order valence-electron chi connectivity index (χ1n) is 12.0. The van der Waals surface area contributed by atoms with Crippen molar-refractivity contribution in [2.75, 3.05) is 31.6 Å². The summed E-state index contributed by atoms with van der Waals surface area (Å²) in [5, 5.41) is 8.10. The van der Waals surface area contributed by atoms with Gasteiger partial charge in [0.1, 0.15) is 11.6 Å². The minimum absolute atomic E-state index is 0.0773. The summed E-state index contributed by atoms with van der Waals surface area (Å²) in [6, 6.07) is 10.7. The van der Waals surface area contributed by atoms with E-state index in [9.17, 15) is 9.18 Å². The fourth-order valence-electron chi connectivity index (χ4n) is 4.90. The van der Waals surface area contributed by atoms with E-state index in [1.54, 1.807) is 6.07 Å². The molecule has 3 aromatic rings. The number of piperidine rings is 1. The number of rotatable bonds is 8. The van der Waals surface area contributed by atoms with Crippen molar-refractivity contribution in [2.45, 2.75) is 50.9 Å². The lowest BCUT2D eigenvalue weighted by Crippen LogP contribution is -2.33. The first kappa shape index (κ1) is 21.9. The van der Waals surface area contributed by atoms with E-state index in [-0.39, 0.29) is 11.7 Å². The van der Waals surface area contributed by atoms with E-state index < -0.39 is 0 Å². The zero-order chi connectivity index (χ0) is 22.6. The second-order valence-corrected chi connectivity index (χ2v) is 9.10. The van der Waals surface area contributed by atoms with Gasteiger partial charge in [-0.3, -0.25) is 4.79 Å². The van der Waals surface area contributed by atoms with Gasteiger partial charge in [-0.25, -0.2) is 4.39 Å². The quantitative estimate of drug-likeness (QED) is 0.472. The summed E-state index contributed by atoms with van der Waals surface area (Å²) in [5.74, 6) is 0.985. The van der Waals surface area contributed by atoms with Crippen molar-refractivity contribution in [2.24, 2.45) is 0 Å². The maximum atomic E-state index is 13.4. The number of anilines is 1. The van der Waals surface area contributed by atoms with E-state index in [4.69, 9.17) is 9.26 Å². The zero-order valence-electron chi connectivity index (χ0n) is 18.8. The first-order valence-corrected chi connectivity index (χ1v) is 12.0. The molecule has 7 heteroatoms. The highest BCUT2D eigenvalue weighted by Crippen LogP contribution is 2.33. The summed E-state index contributed by atoms with van der Waals surface area (Å²) in [6.45, 7) is 3.89. The topological polar surface area (TPSA) is 67.6 Å². The molecule has 0 spiro atoms. The maximum absolute atomic E-state index is 13.4. The summed E-state index contributed by atoms with van der Waals surface area (Å²) in [4.78, 5) is 14.1. The predicted molar refractivity (Wildman–Crippen MR) is 125 cm³/mol. The van der Waals surface area contributed by atoms with Crippen LogP contribution in [0.2, 0.25) is 0 Å². The lowest BCUT2D eigenvalue weighted by atomic mass is 9.91. The Hall–Kier alpha value is -2.93. The number of carbonyl (C=O) groups is 1. The summed E-state index contributed by atoms with van der Waals surface area (Å²) < 4.78 is 24.6. The molecule has 1 N–H and O–H groups in total. The van der Waals surface area contributed by atoms with Crippen LogP contribution in [0.3, 0.4) is 0 Å². The van der Waals surface area contributed by atoms with Gasteiger partial charge in [0.15, 0.2) is 5.58 Å². The van der Waals surface area contributed by atoms with Crippen LogP contribution in [0.4, 0.5) is 10.1 Å². The average molecular weight is 452 g/mol. The molecule has 2 aromatic carbocycles. The Morgan fingerprint density at radius 3 is 2.85 bits per heavy atom. The van der Waals surface area contributed by atoms with Crippen LogP contribution in [-0.4, -0.2) is 42.2 Å². The Labute approximate surface area is 193 Å². The minimum Gasteiger partial charge on any atom is -0.494 e. The molecule has 0 atom stereocenters. The van der Waals surface area contributed by atoms with Gasteiger partial charge < -0.3 is 19.5 Å². The number of halogens is 1. The molecule has 33 heavy (non-hydrogen) atoms. The third-order valence-electron chi connectivity index (χ3n) is 6.80. The molecule has 0 saturated carbocycles. The summed E-state index contributed by atoms with van der Waals surface area (Å²) in [6.07, 6.45) is 6.76. The van der Waals surface area contributed by atoms with Gasteiger partial charge in [0, 0.05) is 35.5 Å². The van der Waals surface area contributed by atoms with Crippen LogP contribution in [0.5, 0.6) is 5.75 Å². The summed E-state index contributed by atoms with van der Waals surface area (Å²) in [5.41, 5.74) is 3.58. The number of nitrogens with one attached hydrogen (secondary N) is 1. The molecule has 2 aliphatic heterocycles. The molecular weight excluding hydrogens is 421 g/mol. The van der Waals surface area contributed by atoms with Gasteiger partial charge in [-0.1, -0.05) is 11.2 Å². The van der Waals surface area contributed by atoms with Gasteiger partial charge in [-0.2, -0.15) is 0 Å². The second-order valence-electron chi connectivity index (χ2n) is 9.10. The molecule has 1 aromatic heterocycles. The predicted octanol–water partition coefficient (Wildman–Crippen LogP) is 5.28. The fraction of sp³-hybridized carbons (Fsp3) is 0.462. The van der Waals surface area contributed by atoms with Crippen molar-refractivity contribution in [3.63, 3.8) is 0 Å². The zero-order valence-corrected chi connectivity index (χ0v) is 18.8. The number of amides is 1. The van der Waals surface area contributed by atoms with Gasteiger partial charge in [0.25, 0.3) is 0 Å². The molecular formula is C26H30FN3O3. The largest absolute Gasteiger partial charge is 0.494 e. The molecule has 2 aliphatic rings. The Kier molecular flexibility index (Phi) is 6.58. The van der Waals surface area contributed by atoms with E-state index in [0.717, 1.165) is 80.7 Å². The summed E-state index contributed by atoms with van der Waals surface area (Å²) in [7, 11) is 0. The van der Waals surface area contributed by atoms with Crippen LogP contribution in [-0.2, 0) is 11.2 Å². The van der Waals surface area contributed by atoms with E-state index in [1.165, 1.54) is 17.7 Å². The van der Waals surface area contributed by atoms with Crippen LogP contribution < -0.4 is 10.1 Å². The molecule has 174 valence electrons. The molecule has 0 unspecified atom stereocenters. The Bertz CT molecular complexity index is 1120. The first-order chi connectivity index (χ1) is 16.2. The van der Waals surface area contributed by atoms with Crippen LogP contribution in [0.15, 0.2) is 40.9 Å². The third kappa shape index (κ3) is 5.19. The van der Waals surface area contributed by atoms with Gasteiger partial charge in [-0.15, -0.1) is 0 Å². The fourth-order valence-corrected chi connectivity index (χ4v) is 4.90. The molecule has 6 nitrogen and oxygen atoms in total. The molecule has 1 saturated heterocycles.